The molecule has 0 unspecified atom stereocenters. The van der Waals surface area contributed by atoms with Gasteiger partial charge in [-0.25, -0.2) is 0 Å². The van der Waals surface area contributed by atoms with Crippen LogP contribution in [0.15, 0.2) is 42.5 Å². The molecule has 144 valence electrons. The van der Waals surface area contributed by atoms with Crippen LogP contribution >= 0.6 is 0 Å². The highest BCUT2D eigenvalue weighted by Gasteiger charge is 2.15. The van der Waals surface area contributed by atoms with Crippen molar-refractivity contribution in [2.75, 3.05) is 45.7 Å². The molecule has 2 aromatic rings. The summed E-state index contributed by atoms with van der Waals surface area (Å²) >= 11 is 0. The number of likely N-dealkylation sites (N-methyl/N-ethyl adjacent to an activating group) is 1. The molecule has 3 rings (SSSR count). The van der Waals surface area contributed by atoms with Gasteiger partial charge in [-0.2, -0.15) is 0 Å². The maximum Gasteiger partial charge on any atom is 0.255 e. The molecule has 5 heteroatoms. The minimum absolute atomic E-state index is 0.111. The summed E-state index contributed by atoms with van der Waals surface area (Å²) in [5.41, 5.74) is 3.55. The van der Waals surface area contributed by atoms with Crippen molar-refractivity contribution in [2.45, 2.75) is 19.9 Å². The molecule has 1 amide bonds. The second-order valence-corrected chi connectivity index (χ2v) is 7.24. The predicted octanol–water partition coefficient (Wildman–Crippen LogP) is 3.39. The second-order valence-electron chi connectivity index (χ2n) is 7.24. The third kappa shape index (κ3) is 5.08. The van der Waals surface area contributed by atoms with Crippen LogP contribution in [0.3, 0.4) is 0 Å². The average Bonchev–Trinajstić information content (AvgIpc) is 2.87. The summed E-state index contributed by atoms with van der Waals surface area (Å²) in [7, 11) is 3.79. The smallest absolute Gasteiger partial charge is 0.255 e. The van der Waals surface area contributed by atoms with Crippen LogP contribution < -0.4 is 10.1 Å². The van der Waals surface area contributed by atoms with Crippen LogP contribution in [0.5, 0.6) is 5.75 Å². The zero-order chi connectivity index (χ0) is 19.2. The molecule has 0 radical (unpaired) electrons. The number of anilines is 1. The van der Waals surface area contributed by atoms with Gasteiger partial charge < -0.3 is 15.0 Å². The fourth-order valence-corrected chi connectivity index (χ4v) is 3.48. The lowest BCUT2D eigenvalue weighted by Crippen LogP contribution is -2.28. The van der Waals surface area contributed by atoms with Crippen LogP contribution in [0.25, 0.3) is 0 Å². The van der Waals surface area contributed by atoms with E-state index in [-0.39, 0.29) is 5.91 Å². The van der Waals surface area contributed by atoms with Crippen molar-refractivity contribution in [3.05, 3.63) is 59.2 Å². The number of aryl methyl sites for hydroxylation is 1. The maximum atomic E-state index is 12.8. The molecule has 0 spiro atoms. The highest BCUT2D eigenvalue weighted by atomic mass is 16.5. The zero-order valence-electron chi connectivity index (χ0n) is 16.5. The number of benzene rings is 2. The van der Waals surface area contributed by atoms with Gasteiger partial charge in [-0.3, -0.25) is 9.69 Å². The Kier molecular flexibility index (Phi) is 6.48. The Balaban J connectivity index is 1.71. The van der Waals surface area contributed by atoms with Gasteiger partial charge in [0.1, 0.15) is 5.75 Å². The van der Waals surface area contributed by atoms with E-state index in [9.17, 15) is 4.79 Å². The van der Waals surface area contributed by atoms with Crippen molar-refractivity contribution >= 4 is 11.6 Å². The highest BCUT2D eigenvalue weighted by molar-refractivity contribution is 6.05. The Hall–Kier alpha value is -2.37. The first-order valence-electron chi connectivity index (χ1n) is 9.51. The van der Waals surface area contributed by atoms with Crippen molar-refractivity contribution < 1.29 is 9.53 Å². The number of rotatable bonds is 5. The summed E-state index contributed by atoms with van der Waals surface area (Å²) in [5, 5.41) is 3.01. The van der Waals surface area contributed by atoms with Gasteiger partial charge in [0.25, 0.3) is 5.91 Å². The number of nitrogens with zero attached hydrogens (tertiary/aromatic N) is 2. The Morgan fingerprint density at radius 1 is 1.11 bits per heavy atom. The van der Waals surface area contributed by atoms with Crippen LogP contribution in [0.2, 0.25) is 0 Å². The maximum absolute atomic E-state index is 12.8. The first-order valence-corrected chi connectivity index (χ1v) is 9.51. The standard InChI is InChI=1S/C22H29N3O2/c1-17-7-4-10-20(27-3)21(17)23-22(26)19-9-5-8-18(15-19)16-25-12-6-11-24(2)13-14-25/h4-5,7-10,15H,6,11-14,16H2,1-3H3,(H,23,26). The molecule has 0 saturated carbocycles. The lowest BCUT2D eigenvalue weighted by Gasteiger charge is -2.20. The Morgan fingerprint density at radius 3 is 2.74 bits per heavy atom. The van der Waals surface area contributed by atoms with Crippen LogP contribution in [0.4, 0.5) is 5.69 Å². The Bertz CT molecular complexity index is 791. The highest BCUT2D eigenvalue weighted by Crippen LogP contribution is 2.28. The summed E-state index contributed by atoms with van der Waals surface area (Å²) in [6, 6.07) is 13.7. The first kappa shape index (κ1) is 19.4. The van der Waals surface area contributed by atoms with E-state index in [4.69, 9.17) is 4.74 Å². The molecule has 0 bridgehead atoms. The van der Waals surface area contributed by atoms with Crippen molar-refractivity contribution in [3.63, 3.8) is 0 Å². The second kappa shape index (κ2) is 9.02. The molecule has 1 heterocycles. The van der Waals surface area contributed by atoms with Gasteiger partial charge in [-0.15, -0.1) is 0 Å². The summed E-state index contributed by atoms with van der Waals surface area (Å²) < 4.78 is 5.38. The molecule has 1 saturated heterocycles. The van der Waals surface area contributed by atoms with E-state index in [1.807, 2.05) is 43.3 Å². The third-order valence-corrected chi connectivity index (χ3v) is 5.10. The number of hydrogen-bond donors (Lipinski definition) is 1. The quantitative estimate of drug-likeness (QED) is 0.880. The van der Waals surface area contributed by atoms with E-state index >= 15 is 0 Å². The Labute approximate surface area is 161 Å². The number of carbonyl (C=O) groups is 1. The SMILES string of the molecule is COc1cccc(C)c1NC(=O)c1cccc(CN2CCCN(C)CC2)c1. The third-order valence-electron chi connectivity index (χ3n) is 5.10. The molecule has 0 atom stereocenters. The van der Waals surface area contributed by atoms with Crippen molar-refractivity contribution in [1.29, 1.82) is 0 Å². The number of hydrogen-bond acceptors (Lipinski definition) is 4. The number of ether oxygens (including phenoxy) is 1. The Morgan fingerprint density at radius 2 is 1.93 bits per heavy atom. The lowest BCUT2D eigenvalue weighted by atomic mass is 10.1. The average molecular weight is 367 g/mol. The fraction of sp³-hybridized carbons (Fsp3) is 0.409. The topological polar surface area (TPSA) is 44.8 Å². The molecule has 2 aromatic carbocycles. The van der Waals surface area contributed by atoms with Gasteiger partial charge in [0, 0.05) is 25.2 Å². The largest absolute Gasteiger partial charge is 0.495 e. The normalized spacial score (nSPS) is 16.0. The van der Waals surface area contributed by atoms with Crippen molar-refractivity contribution in [2.24, 2.45) is 0 Å². The van der Waals surface area contributed by atoms with Gasteiger partial charge in [0.05, 0.1) is 12.8 Å². The van der Waals surface area contributed by atoms with Gasteiger partial charge in [0.2, 0.25) is 0 Å². The monoisotopic (exact) mass is 367 g/mol. The van der Waals surface area contributed by atoms with E-state index in [0.29, 0.717) is 11.3 Å². The molecule has 1 N–H and O–H groups in total. The number of amides is 1. The van der Waals surface area contributed by atoms with Gasteiger partial charge in [0.15, 0.2) is 0 Å². The molecule has 5 nitrogen and oxygen atoms in total. The van der Waals surface area contributed by atoms with Gasteiger partial charge in [-0.1, -0.05) is 24.3 Å². The van der Waals surface area contributed by atoms with E-state index in [1.165, 1.54) is 12.0 Å². The summed E-state index contributed by atoms with van der Waals surface area (Å²) in [6.45, 7) is 7.24. The van der Waals surface area contributed by atoms with Crippen molar-refractivity contribution in [1.82, 2.24) is 9.80 Å². The summed E-state index contributed by atoms with van der Waals surface area (Å²) in [5.74, 6) is 0.563. The van der Waals surface area contributed by atoms with Crippen LogP contribution in [-0.2, 0) is 6.54 Å². The molecular formula is C22H29N3O2. The molecule has 1 fully saturated rings. The van der Waals surface area contributed by atoms with Crippen LogP contribution in [0, 0.1) is 6.92 Å². The lowest BCUT2D eigenvalue weighted by molar-refractivity contribution is 0.102. The van der Waals surface area contributed by atoms with Gasteiger partial charge >= 0.3 is 0 Å². The van der Waals surface area contributed by atoms with Gasteiger partial charge in [-0.05, 0) is 62.8 Å². The molecular weight excluding hydrogens is 338 g/mol. The number of carbonyl (C=O) groups excluding carboxylic acids is 1. The number of nitrogens with one attached hydrogen (secondary N) is 1. The minimum Gasteiger partial charge on any atom is -0.495 e. The van der Waals surface area contributed by atoms with E-state index in [0.717, 1.165) is 44.0 Å². The van der Waals surface area contributed by atoms with Crippen LogP contribution in [-0.4, -0.2) is 56.0 Å². The van der Waals surface area contributed by atoms with E-state index < -0.39 is 0 Å². The zero-order valence-corrected chi connectivity index (χ0v) is 16.5. The molecule has 1 aliphatic rings. The van der Waals surface area contributed by atoms with E-state index in [1.54, 1.807) is 7.11 Å². The fourth-order valence-electron chi connectivity index (χ4n) is 3.48. The number of para-hydroxylation sites is 1. The summed E-state index contributed by atoms with van der Waals surface area (Å²) in [4.78, 5) is 17.6. The first-order chi connectivity index (χ1) is 13.1. The van der Waals surface area contributed by atoms with Crippen LogP contribution in [0.1, 0.15) is 27.9 Å². The predicted molar refractivity (Wildman–Crippen MR) is 110 cm³/mol. The molecule has 27 heavy (non-hydrogen) atoms. The van der Waals surface area contributed by atoms with Crippen molar-refractivity contribution in [3.8, 4) is 5.75 Å². The minimum atomic E-state index is -0.111. The molecule has 0 aliphatic carbocycles. The molecule has 1 aliphatic heterocycles. The van der Waals surface area contributed by atoms with E-state index in [2.05, 4.69) is 28.2 Å². The molecule has 0 aromatic heterocycles. The summed E-state index contributed by atoms with van der Waals surface area (Å²) in [6.07, 6.45) is 1.18. The number of methoxy groups -OCH3 is 1.